The van der Waals surface area contributed by atoms with Crippen LogP contribution in [0.1, 0.15) is 17.3 Å². The van der Waals surface area contributed by atoms with Crippen molar-refractivity contribution in [1.29, 1.82) is 0 Å². The number of anilines is 1. The minimum Gasteiger partial charge on any atom is -0.504 e. The number of hydrogen-bond donors (Lipinski definition) is 2. The number of carbonyl (C=O) groups is 2. The van der Waals surface area contributed by atoms with Crippen LogP contribution in [0.4, 0.5) is 5.69 Å². The van der Waals surface area contributed by atoms with Crippen molar-refractivity contribution >= 4 is 17.4 Å². The fourth-order valence-electron chi connectivity index (χ4n) is 2.00. The van der Waals surface area contributed by atoms with Crippen molar-refractivity contribution < 1.29 is 24.2 Å². The van der Waals surface area contributed by atoms with Crippen LogP contribution in [0.2, 0.25) is 0 Å². The van der Waals surface area contributed by atoms with Crippen LogP contribution in [0.3, 0.4) is 0 Å². The Hall–Kier alpha value is -2.86. The molecule has 0 unspecified atom stereocenters. The molecule has 0 spiro atoms. The van der Waals surface area contributed by atoms with Gasteiger partial charge in [-0.05, 0) is 12.1 Å². The van der Waals surface area contributed by atoms with E-state index >= 15 is 0 Å². The van der Waals surface area contributed by atoms with Crippen LogP contribution in [0.25, 0.3) is 0 Å². The first-order valence-corrected chi connectivity index (χ1v) is 7.45. The summed E-state index contributed by atoms with van der Waals surface area (Å²) in [5, 5.41) is 12.4. The van der Waals surface area contributed by atoms with Gasteiger partial charge in [-0.1, -0.05) is 30.3 Å². The Morgan fingerprint density at radius 3 is 2.50 bits per heavy atom. The fraction of sp³-hybridized carbons (Fsp3) is 0.222. The number of ketones is 1. The standard InChI is InChI=1S/C18H19NO5/c1-13(20)19-15-7-8-18(16(21)11-15)24-10-9-23-12-17(22)14-5-3-2-4-6-14/h2-8,11,21H,9-10,12H2,1H3,(H,19,20). The maximum Gasteiger partial charge on any atom is 0.221 e. The van der Waals surface area contributed by atoms with Gasteiger partial charge in [0.1, 0.15) is 13.2 Å². The van der Waals surface area contributed by atoms with Crippen molar-refractivity contribution in [2.24, 2.45) is 0 Å². The summed E-state index contributed by atoms with van der Waals surface area (Å²) >= 11 is 0. The Morgan fingerprint density at radius 1 is 1.08 bits per heavy atom. The van der Waals surface area contributed by atoms with Crippen LogP contribution in [0, 0.1) is 0 Å². The third-order valence-corrected chi connectivity index (χ3v) is 3.09. The number of carbonyl (C=O) groups excluding carboxylic acids is 2. The van der Waals surface area contributed by atoms with E-state index in [4.69, 9.17) is 9.47 Å². The summed E-state index contributed by atoms with van der Waals surface area (Å²) in [6.07, 6.45) is 0. The van der Waals surface area contributed by atoms with Crippen LogP contribution in [-0.4, -0.2) is 36.6 Å². The smallest absolute Gasteiger partial charge is 0.221 e. The molecule has 0 fully saturated rings. The minimum atomic E-state index is -0.223. The van der Waals surface area contributed by atoms with Crippen molar-refractivity contribution in [3.63, 3.8) is 0 Å². The molecule has 0 saturated heterocycles. The Labute approximate surface area is 140 Å². The number of nitrogens with one attached hydrogen (secondary N) is 1. The van der Waals surface area contributed by atoms with Gasteiger partial charge in [0, 0.05) is 24.2 Å². The molecular weight excluding hydrogens is 310 g/mol. The number of aromatic hydroxyl groups is 1. The number of Topliss-reactive ketones (excluding diaryl/α,β-unsaturated/α-hetero) is 1. The second-order valence-corrected chi connectivity index (χ2v) is 5.05. The number of phenolic OH excluding ortho intramolecular Hbond substituents is 1. The first-order chi connectivity index (χ1) is 11.6. The van der Waals surface area contributed by atoms with Crippen molar-refractivity contribution in [3.05, 3.63) is 54.1 Å². The molecule has 0 atom stereocenters. The zero-order valence-electron chi connectivity index (χ0n) is 13.3. The topological polar surface area (TPSA) is 84.9 Å². The van der Waals surface area contributed by atoms with Crippen molar-refractivity contribution in [2.45, 2.75) is 6.92 Å². The molecule has 0 heterocycles. The zero-order chi connectivity index (χ0) is 17.4. The van der Waals surface area contributed by atoms with Gasteiger partial charge in [0.15, 0.2) is 17.3 Å². The summed E-state index contributed by atoms with van der Waals surface area (Å²) in [5.74, 6) is -0.124. The van der Waals surface area contributed by atoms with Crippen LogP contribution < -0.4 is 10.1 Å². The lowest BCUT2D eigenvalue weighted by molar-refractivity contribution is -0.114. The lowest BCUT2D eigenvalue weighted by Gasteiger charge is -2.10. The van der Waals surface area contributed by atoms with Gasteiger partial charge in [-0.25, -0.2) is 0 Å². The molecule has 6 heteroatoms. The van der Waals surface area contributed by atoms with Gasteiger partial charge in [-0.3, -0.25) is 9.59 Å². The number of ether oxygens (including phenoxy) is 2. The van der Waals surface area contributed by atoms with Crippen LogP contribution in [-0.2, 0) is 9.53 Å². The molecule has 0 aliphatic rings. The van der Waals surface area contributed by atoms with Gasteiger partial charge >= 0.3 is 0 Å². The Kier molecular flexibility index (Phi) is 6.33. The van der Waals surface area contributed by atoms with Gasteiger partial charge in [-0.2, -0.15) is 0 Å². The predicted octanol–water partition coefficient (Wildman–Crippen LogP) is 2.63. The first-order valence-electron chi connectivity index (χ1n) is 7.45. The van der Waals surface area contributed by atoms with E-state index in [0.29, 0.717) is 11.3 Å². The summed E-state index contributed by atoms with van der Waals surface area (Å²) < 4.78 is 10.7. The molecule has 1 amide bonds. The fourth-order valence-corrected chi connectivity index (χ4v) is 2.00. The Balaban J connectivity index is 1.72. The minimum absolute atomic E-state index is 0.0270. The van der Waals surface area contributed by atoms with Crippen LogP contribution in [0.15, 0.2) is 48.5 Å². The third kappa shape index (κ3) is 5.40. The monoisotopic (exact) mass is 329 g/mol. The molecule has 2 rings (SSSR count). The quantitative estimate of drug-likeness (QED) is 0.574. The number of hydrogen-bond acceptors (Lipinski definition) is 5. The van der Waals surface area contributed by atoms with Crippen LogP contribution in [0.5, 0.6) is 11.5 Å². The summed E-state index contributed by atoms with van der Waals surface area (Å²) in [4.78, 5) is 22.8. The normalized spacial score (nSPS) is 10.2. The van der Waals surface area contributed by atoms with E-state index in [2.05, 4.69) is 5.32 Å². The third-order valence-electron chi connectivity index (χ3n) is 3.09. The van der Waals surface area contributed by atoms with E-state index in [1.807, 2.05) is 6.07 Å². The average molecular weight is 329 g/mol. The highest BCUT2D eigenvalue weighted by molar-refractivity contribution is 5.97. The summed E-state index contributed by atoms with van der Waals surface area (Å²) in [5.41, 5.74) is 1.08. The maximum atomic E-state index is 11.8. The lowest BCUT2D eigenvalue weighted by atomic mass is 10.1. The molecule has 6 nitrogen and oxygen atoms in total. The van der Waals surface area contributed by atoms with Gasteiger partial charge in [-0.15, -0.1) is 0 Å². The summed E-state index contributed by atoms with van der Waals surface area (Å²) in [6, 6.07) is 13.5. The van der Waals surface area contributed by atoms with Gasteiger partial charge in [0.25, 0.3) is 0 Å². The molecule has 0 aromatic heterocycles. The molecule has 0 bridgehead atoms. The number of amides is 1. The average Bonchev–Trinajstić information content (AvgIpc) is 2.56. The SMILES string of the molecule is CC(=O)Nc1ccc(OCCOCC(=O)c2ccccc2)c(O)c1. The highest BCUT2D eigenvalue weighted by Gasteiger charge is 2.07. The van der Waals surface area contributed by atoms with Gasteiger partial charge in [0.05, 0.1) is 6.61 Å². The van der Waals surface area contributed by atoms with Crippen molar-refractivity contribution in [2.75, 3.05) is 25.1 Å². The molecule has 2 aromatic carbocycles. The van der Waals surface area contributed by atoms with E-state index in [0.717, 1.165) is 0 Å². The highest BCUT2D eigenvalue weighted by Crippen LogP contribution is 2.28. The molecule has 0 saturated carbocycles. The second-order valence-electron chi connectivity index (χ2n) is 5.05. The highest BCUT2D eigenvalue weighted by atomic mass is 16.5. The number of phenols is 1. The van der Waals surface area contributed by atoms with Gasteiger partial charge < -0.3 is 19.9 Å². The predicted molar refractivity (Wildman–Crippen MR) is 89.5 cm³/mol. The molecule has 0 aliphatic heterocycles. The van der Waals surface area contributed by atoms with E-state index in [9.17, 15) is 14.7 Å². The molecule has 2 N–H and O–H groups in total. The Bertz CT molecular complexity index is 700. The Morgan fingerprint density at radius 2 is 1.83 bits per heavy atom. The molecule has 2 aromatic rings. The number of benzene rings is 2. The number of rotatable bonds is 8. The first kappa shape index (κ1) is 17.5. The zero-order valence-corrected chi connectivity index (χ0v) is 13.3. The molecule has 24 heavy (non-hydrogen) atoms. The lowest BCUT2D eigenvalue weighted by Crippen LogP contribution is -2.13. The second kappa shape index (κ2) is 8.69. The largest absolute Gasteiger partial charge is 0.504 e. The molecular formula is C18H19NO5. The van der Waals surface area contributed by atoms with E-state index in [1.54, 1.807) is 36.4 Å². The van der Waals surface area contributed by atoms with Crippen LogP contribution >= 0.6 is 0 Å². The van der Waals surface area contributed by atoms with Crippen molar-refractivity contribution in [1.82, 2.24) is 0 Å². The molecule has 0 aliphatic carbocycles. The summed E-state index contributed by atoms with van der Waals surface area (Å²) in [6.45, 7) is 1.76. The maximum absolute atomic E-state index is 11.8. The van der Waals surface area contributed by atoms with Crippen molar-refractivity contribution in [3.8, 4) is 11.5 Å². The summed E-state index contributed by atoms with van der Waals surface area (Å²) in [7, 11) is 0. The molecule has 126 valence electrons. The van der Waals surface area contributed by atoms with E-state index in [-0.39, 0.29) is 43.0 Å². The van der Waals surface area contributed by atoms with E-state index < -0.39 is 0 Å². The van der Waals surface area contributed by atoms with E-state index in [1.165, 1.54) is 13.0 Å². The molecule has 0 radical (unpaired) electrons. The van der Waals surface area contributed by atoms with Gasteiger partial charge in [0.2, 0.25) is 5.91 Å².